The number of carbonyl (C=O) groups excluding carboxylic acids is 1. The number of carbonyl (C=O) groups is 2. The SMILES string of the molecule is COc1ccc(CC(NC(=O)OC(C)(C)C)C(=O)O)c(OC)c1. The molecule has 0 aliphatic heterocycles. The maximum absolute atomic E-state index is 11.8. The second kappa shape index (κ2) is 7.71. The molecule has 0 aliphatic carbocycles. The lowest BCUT2D eigenvalue weighted by Crippen LogP contribution is -2.44. The van der Waals surface area contributed by atoms with Crippen molar-refractivity contribution in [3.05, 3.63) is 23.8 Å². The molecule has 2 N–H and O–H groups in total. The molecule has 0 bridgehead atoms. The number of aliphatic carboxylic acids is 1. The first-order chi connectivity index (χ1) is 10.7. The highest BCUT2D eigenvalue weighted by molar-refractivity contribution is 5.80. The van der Waals surface area contributed by atoms with E-state index in [1.807, 2.05) is 0 Å². The fraction of sp³-hybridized carbons (Fsp3) is 0.500. The highest BCUT2D eigenvalue weighted by Gasteiger charge is 2.25. The molecule has 7 heteroatoms. The van der Waals surface area contributed by atoms with Crippen molar-refractivity contribution in [2.75, 3.05) is 14.2 Å². The number of alkyl carbamates (subject to hydrolysis) is 1. The fourth-order valence-corrected chi connectivity index (χ4v) is 1.89. The Morgan fingerprint density at radius 2 is 1.87 bits per heavy atom. The van der Waals surface area contributed by atoms with Gasteiger partial charge in [-0.25, -0.2) is 9.59 Å². The first-order valence-corrected chi connectivity index (χ1v) is 7.09. The molecule has 128 valence electrons. The van der Waals surface area contributed by atoms with Crippen LogP contribution < -0.4 is 14.8 Å². The van der Waals surface area contributed by atoms with Gasteiger partial charge in [0.2, 0.25) is 0 Å². The monoisotopic (exact) mass is 325 g/mol. The Hall–Kier alpha value is -2.44. The Kier molecular flexibility index (Phi) is 6.24. The minimum atomic E-state index is -1.16. The van der Waals surface area contributed by atoms with Crippen molar-refractivity contribution in [2.24, 2.45) is 0 Å². The van der Waals surface area contributed by atoms with Crippen LogP contribution in [0.4, 0.5) is 4.79 Å². The lowest BCUT2D eigenvalue weighted by Gasteiger charge is -2.22. The van der Waals surface area contributed by atoms with Crippen LogP contribution in [-0.4, -0.2) is 43.0 Å². The number of benzene rings is 1. The van der Waals surface area contributed by atoms with Crippen LogP contribution in [0.3, 0.4) is 0 Å². The largest absolute Gasteiger partial charge is 0.497 e. The van der Waals surface area contributed by atoms with Gasteiger partial charge in [0.1, 0.15) is 23.1 Å². The summed E-state index contributed by atoms with van der Waals surface area (Å²) < 4.78 is 15.4. The third-order valence-corrected chi connectivity index (χ3v) is 2.91. The number of hydrogen-bond acceptors (Lipinski definition) is 5. The summed E-state index contributed by atoms with van der Waals surface area (Å²) in [5.41, 5.74) is -0.0675. The van der Waals surface area contributed by atoms with E-state index < -0.39 is 23.7 Å². The second-order valence-electron chi connectivity index (χ2n) is 5.92. The number of amides is 1. The van der Waals surface area contributed by atoms with Gasteiger partial charge in [0.05, 0.1) is 14.2 Å². The van der Waals surface area contributed by atoms with Crippen molar-refractivity contribution < 1.29 is 28.9 Å². The Balaban J connectivity index is 2.88. The molecular formula is C16H23NO6. The topological polar surface area (TPSA) is 94.1 Å². The van der Waals surface area contributed by atoms with Gasteiger partial charge in [0, 0.05) is 12.5 Å². The first kappa shape index (κ1) is 18.6. The molecular weight excluding hydrogens is 302 g/mol. The van der Waals surface area contributed by atoms with Gasteiger partial charge >= 0.3 is 12.1 Å². The van der Waals surface area contributed by atoms with Crippen molar-refractivity contribution in [3.8, 4) is 11.5 Å². The smallest absolute Gasteiger partial charge is 0.408 e. The summed E-state index contributed by atoms with van der Waals surface area (Å²) in [5, 5.41) is 11.7. The number of carboxylic acids is 1. The third kappa shape index (κ3) is 6.06. The zero-order valence-electron chi connectivity index (χ0n) is 14.0. The van der Waals surface area contributed by atoms with E-state index in [-0.39, 0.29) is 6.42 Å². The predicted octanol–water partition coefficient (Wildman–Crippen LogP) is 2.22. The lowest BCUT2D eigenvalue weighted by atomic mass is 10.0. The Morgan fingerprint density at radius 1 is 1.22 bits per heavy atom. The molecule has 1 rings (SSSR count). The molecule has 0 heterocycles. The zero-order chi connectivity index (χ0) is 17.6. The van der Waals surface area contributed by atoms with Crippen LogP contribution in [0.25, 0.3) is 0 Å². The van der Waals surface area contributed by atoms with Crippen molar-refractivity contribution in [2.45, 2.75) is 38.8 Å². The Morgan fingerprint density at radius 3 is 2.35 bits per heavy atom. The van der Waals surface area contributed by atoms with Gasteiger partial charge in [0.15, 0.2) is 0 Å². The van der Waals surface area contributed by atoms with Gasteiger partial charge in [-0.15, -0.1) is 0 Å². The summed E-state index contributed by atoms with van der Waals surface area (Å²) in [6, 6.07) is 3.92. The summed E-state index contributed by atoms with van der Waals surface area (Å²) >= 11 is 0. The first-order valence-electron chi connectivity index (χ1n) is 7.09. The number of nitrogens with one attached hydrogen (secondary N) is 1. The maximum atomic E-state index is 11.8. The molecule has 23 heavy (non-hydrogen) atoms. The normalized spacial score (nSPS) is 12.2. The molecule has 0 saturated carbocycles. The minimum Gasteiger partial charge on any atom is -0.497 e. The van der Waals surface area contributed by atoms with Crippen molar-refractivity contribution in [1.82, 2.24) is 5.32 Å². The Labute approximate surface area is 135 Å². The molecule has 0 aliphatic rings. The van der Waals surface area contributed by atoms with Gasteiger partial charge in [0.25, 0.3) is 0 Å². The number of rotatable bonds is 6. The van der Waals surface area contributed by atoms with E-state index >= 15 is 0 Å². The van der Waals surface area contributed by atoms with E-state index in [1.54, 1.807) is 39.0 Å². The molecule has 7 nitrogen and oxygen atoms in total. The molecule has 0 radical (unpaired) electrons. The number of carboxylic acid groups (broad SMARTS) is 1. The van der Waals surface area contributed by atoms with E-state index in [0.29, 0.717) is 17.1 Å². The van der Waals surface area contributed by atoms with Crippen LogP contribution in [0, 0.1) is 0 Å². The fourth-order valence-electron chi connectivity index (χ4n) is 1.89. The number of hydrogen-bond donors (Lipinski definition) is 2. The van der Waals surface area contributed by atoms with Gasteiger partial charge in [-0.3, -0.25) is 0 Å². The van der Waals surface area contributed by atoms with Crippen molar-refractivity contribution >= 4 is 12.1 Å². The minimum absolute atomic E-state index is 0.0573. The molecule has 0 saturated heterocycles. The van der Waals surface area contributed by atoms with E-state index in [2.05, 4.69) is 5.32 Å². The zero-order valence-corrected chi connectivity index (χ0v) is 14.0. The van der Waals surface area contributed by atoms with Crippen LogP contribution in [0.1, 0.15) is 26.3 Å². The van der Waals surface area contributed by atoms with Crippen molar-refractivity contribution in [3.63, 3.8) is 0 Å². The van der Waals surface area contributed by atoms with Gasteiger partial charge < -0.3 is 24.6 Å². The highest BCUT2D eigenvalue weighted by atomic mass is 16.6. The summed E-state index contributed by atoms with van der Waals surface area (Å²) in [6.45, 7) is 5.11. The van der Waals surface area contributed by atoms with E-state index in [9.17, 15) is 14.7 Å². The molecule has 0 fully saturated rings. The number of ether oxygens (including phenoxy) is 3. The summed E-state index contributed by atoms with van der Waals surface area (Å²) in [6.07, 6.45) is -0.723. The molecule has 1 aromatic carbocycles. The van der Waals surface area contributed by atoms with Gasteiger partial charge in [-0.1, -0.05) is 6.07 Å². The lowest BCUT2D eigenvalue weighted by molar-refractivity contribution is -0.139. The summed E-state index contributed by atoms with van der Waals surface area (Å²) in [5.74, 6) is -0.0760. The average molecular weight is 325 g/mol. The van der Waals surface area contributed by atoms with Crippen LogP contribution in [0.15, 0.2) is 18.2 Å². The number of methoxy groups -OCH3 is 2. The molecule has 1 amide bonds. The molecule has 0 spiro atoms. The quantitative estimate of drug-likeness (QED) is 0.833. The summed E-state index contributed by atoms with van der Waals surface area (Å²) in [4.78, 5) is 23.2. The second-order valence-corrected chi connectivity index (χ2v) is 5.92. The molecule has 1 atom stereocenters. The Bertz CT molecular complexity index is 564. The van der Waals surface area contributed by atoms with Crippen molar-refractivity contribution in [1.29, 1.82) is 0 Å². The third-order valence-electron chi connectivity index (χ3n) is 2.91. The molecule has 1 aromatic rings. The average Bonchev–Trinajstić information content (AvgIpc) is 2.44. The van der Waals surface area contributed by atoms with Crippen LogP contribution >= 0.6 is 0 Å². The highest BCUT2D eigenvalue weighted by Crippen LogP contribution is 2.25. The standard InChI is InChI=1S/C16H23NO6/c1-16(2,3)23-15(20)17-12(14(18)19)8-10-6-7-11(21-4)9-13(10)22-5/h6-7,9,12H,8H2,1-5H3,(H,17,20)(H,18,19). The van der Waals surface area contributed by atoms with Crippen LogP contribution in [0.5, 0.6) is 11.5 Å². The van der Waals surface area contributed by atoms with E-state index in [1.165, 1.54) is 14.2 Å². The van der Waals surface area contributed by atoms with Gasteiger partial charge in [-0.2, -0.15) is 0 Å². The maximum Gasteiger partial charge on any atom is 0.408 e. The van der Waals surface area contributed by atoms with E-state index in [4.69, 9.17) is 14.2 Å². The van der Waals surface area contributed by atoms with E-state index in [0.717, 1.165) is 0 Å². The van der Waals surface area contributed by atoms with Gasteiger partial charge in [-0.05, 0) is 32.4 Å². The van der Waals surface area contributed by atoms with Crippen LogP contribution in [-0.2, 0) is 16.0 Å². The summed E-state index contributed by atoms with van der Waals surface area (Å²) in [7, 11) is 3.01. The molecule has 0 aromatic heterocycles. The predicted molar refractivity (Wildman–Crippen MR) is 84.0 cm³/mol. The van der Waals surface area contributed by atoms with Crippen LogP contribution in [0.2, 0.25) is 0 Å². The molecule has 1 unspecified atom stereocenters.